The molecule has 5 heteroatoms. The molecule has 1 N–H and O–H groups in total. The number of rotatable bonds is 6. The van der Waals surface area contributed by atoms with Crippen LogP contribution in [0.15, 0.2) is 18.2 Å². The molecule has 0 aliphatic rings. The van der Waals surface area contributed by atoms with Gasteiger partial charge in [0.2, 0.25) is 0 Å². The Morgan fingerprint density at radius 3 is 2.75 bits per heavy atom. The molecule has 0 bridgehead atoms. The number of carbonyl (C=O) groups is 1. The molecule has 0 radical (unpaired) electrons. The molecule has 1 rings (SSSR count). The van der Waals surface area contributed by atoms with E-state index in [-0.39, 0.29) is 18.1 Å². The van der Waals surface area contributed by atoms with Crippen molar-refractivity contribution in [1.29, 1.82) is 5.26 Å². The Morgan fingerprint density at radius 1 is 1.50 bits per heavy atom. The van der Waals surface area contributed by atoms with E-state index < -0.39 is 11.9 Å². The van der Waals surface area contributed by atoms with Crippen molar-refractivity contribution >= 4 is 5.97 Å². The maximum absolute atomic E-state index is 13.9. The fourth-order valence-electron chi connectivity index (χ4n) is 1.91. The van der Waals surface area contributed by atoms with Crippen molar-refractivity contribution in [2.24, 2.45) is 5.92 Å². The van der Waals surface area contributed by atoms with Crippen molar-refractivity contribution in [1.82, 2.24) is 5.32 Å². The highest BCUT2D eigenvalue weighted by Crippen LogP contribution is 2.13. The number of esters is 1. The van der Waals surface area contributed by atoms with Gasteiger partial charge in [-0.05, 0) is 18.4 Å². The van der Waals surface area contributed by atoms with E-state index in [4.69, 9.17) is 10.00 Å². The predicted molar refractivity (Wildman–Crippen MR) is 73.2 cm³/mol. The predicted octanol–water partition coefficient (Wildman–Crippen LogP) is 2.37. The Bertz CT molecular complexity index is 509. The molecule has 0 aliphatic carbocycles. The lowest BCUT2D eigenvalue weighted by atomic mass is 10.0. The molecule has 0 heterocycles. The van der Waals surface area contributed by atoms with Gasteiger partial charge >= 0.3 is 5.97 Å². The van der Waals surface area contributed by atoms with Crippen molar-refractivity contribution in [3.63, 3.8) is 0 Å². The highest BCUT2D eigenvalue weighted by molar-refractivity contribution is 5.75. The molecule has 0 aromatic heterocycles. The number of nitriles is 1. The summed E-state index contributed by atoms with van der Waals surface area (Å²) in [5.74, 6) is -0.604. The highest BCUT2D eigenvalue weighted by atomic mass is 19.1. The molecule has 0 spiro atoms. The van der Waals surface area contributed by atoms with E-state index in [1.165, 1.54) is 13.2 Å². The van der Waals surface area contributed by atoms with Gasteiger partial charge < -0.3 is 10.1 Å². The Labute approximate surface area is 118 Å². The molecule has 1 aromatic rings. The second-order valence-corrected chi connectivity index (χ2v) is 4.98. The topological polar surface area (TPSA) is 62.1 Å². The molecular weight excluding hydrogens is 259 g/mol. The van der Waals surface area contributed by atoms with E-state index in [2.05, 4.69) is 5.32 Å². The lowest BCUT2D eigenvalue weighted by Gasteiger charge is -2.18. The van der Waals surface area contributed by atoms with E-state index in [1.807, 2.05) is 13.8 Å². The second-order valence-electron chi connectivity index (χ2n) is 4.98. The molecule has 0 fully saturated rings. The molecular formula is C15H19FN2O2. The van der Waals surface area contributed by atoms with Crippen molar-refractivity contribution in [3.05, 3.63) is 35.1 Å². The Morgan fingerprint density at radius 2 is 2.20 bits per heavy atom. The van der Waals surface area contributed by atoms with Crippen LogP contribution in [0.5, 0.6) is 0 Å². The number of benzene rings is 1. The average molecular weight is 278 g/mol. The Kier molecular flexibility index (Phi) is 6.13. The van der Waals surface area contributed by atoms with Gasteiger partial charge in [-0.25, -0.2) is 4.39 Å². The van der Waals surface area contributed by atoms with Crippen molar-refractivity contribution < 1.29 is 13.9 Å². The summed E-state index contributed by atoms with van der Waals surface area (Å²) >= 11 is 0. The fraction of sp³-hybridized carbons (Fsp3) is 0.467. The molecule has 1 aromatic carbocycles. The zero-order valence-corrected chi connectivity index (χ0v) is 11.9. The minimum atomic E-state index is -0.546. The van der Waals surface area contributed by atoms with E-state index in [1.54, 1.807) is 18.2 Å². The van der Waals surface area contributed by atoms with Gasteiger partial charge in [-0.15, -0.1) is 0 Å². The molecule has 0 saturated heterocycles. The van der Waals surface area contributed by atoms with Crippen LogP contribution in [-0.4, -0.2) is 19.1 Å². The summed E-state index contributed by atoms with van der Waals surface area (Å²) in [5.41, 5.74) is 0.365. The van der Waals surface area contributed by atoms with Gasteiger partial charge in [0.1, 0.15) is 17.9 Å². The summed E-state index contributed by atoms with van der Waals surface area (Å²) in [5, 5.41) is 11.8. The quantitative estimate of drug-likeness (QED) is 0.811. The molecule has 108 valence electrons. The van der Waals surface area contributed by atoms with Crippen LogP contribution in [0.4, 0.5) is 4.39 Å². The maximum Gasteiger partial charge on any atom is 0.322 e. The minimum Gasteiger partial charge on any atom is -0.468 e. The van der Waals surface area contributed by atoms with Gasteiger partial charge in [-0.3, -0.25) is 4.79 Å². The number of ether oxygens (including phenoxy) is 1. The van der Waals surface area contributed by atoms with Crippen LogP contribution in [0, 0.1) is 23.1 Å². The Balaban J connectivity index is 2.77. The second kappa shape index (κ2) is 7.61. The van der Waals surface area contributed by atoms with Crippen molar-refractivity contribution in [2.45, 2.75) is 32.9 Å². The normalized spacial score (nSPS) is 12.0. The van der Waals surface area contributed by atoms with E-state index in [0.717, 1.165) is 0 Å². The zero-order chi connectivity index (χ0) is 15.1. The molecule has 0 amide bonds. The monoisotopic (exact) mass is 278 g/mol. The van der Waals surface area contributed by atoms with Crippen LogP contribution < -0.4 is 5.32 Å². The lowest BCUT2D eigenvalue weighted by Crippen LogP contribution is -2.38. The Hall–Kier alpha value is -1.93. The fourth-order valence-corrected chi connectivity index (χ4v) is 1.91. The first-order valence-corrected chi connectivity index (χ1v) is 6.48. The first-order chi connectivity index (χ1) is 9.49. The third-order valence-electron chi connectivity index (χ3n) is 2.93. The van der Waals surface area contributed by atoms with Gasteiger partial charge in [0.15, 0.2) is 0 Å². The number of carbonyl (C=O) groups excluding carboxylic acids is 1. The first kappa shape index (κ1) is 16.1. The average Bonchev–Trinajstić information content (AvgIpc) is 2.43. The summed E-state index contributed by atoms with van der Waals surface area (Å²) in [6.45, 7) is 4.16. The van der Waals surface area contributed by atoms with Gasteiger partial charge in [0.25, 0.3) is 0 Å². The third-order valence-corrected chi connectivity index (χ3v) is 2.93. The zero-order valence-electron chi connectivity index (χ0n) is 11.9. The molecule has 0 saturated carbocycles. The minimum absolute atomic E-state index is 0.00257. The number of halogens is 1. The smallest absolute Gasteiger partial charge is 0.322 e. The highest BCUT2D eigenvalue weighted by Gasteiger charge is 2.20. The number of hydrogen-bond acceptors (Lipinski definition) is 4. The summed E-state index contributed by atoms with van der Waals surface area (Å²) in [7, 11) is 1.33. The maximum atomic E-state index is 13.9. The first-order valence-electron chi connectivity index (χ1n) is 6.48. The van der Waals surface area contributed by atoms with Crippen molar-refractivity contribution in [2.75, 3.05) is 7.11 Å². The summed E-state index contributed by atoms with van der Waals surface area (Å²) in [4.78, 5) is 11.6. The van der Waals surface area contributed by atoms with Gasteiger partial charge in [0.05, 0.1) is 12.7 Å². The molecule has 1 atom stereocenters. The van der Waals surface area contributed by atoms with E-state index in [9.17, 15) is 9.18 Å². The summed E-state index contributed by atoms with van der Waals surface area (Å²) in [6, 6.07) is 5.94. The number of hydrogen-bond donors (Lipinski definition) is 1. The van der Waals surface area contributed by atoms with Gasteiger partial charge in [0, 0.05) is 12.1 Å². The standard InChI is InChI=1S/C15H19FN2O2/c1-10(2)7-13(15(19)20-3)18-9-12-6-4-5-11(8-17)14(12)16/h4-6,10,13,18H,7,9H2,1-3H3. The van der Waals surface area contributed by atoms with Crippen LogP contribution in [-0.2, 0) is 16.1 Å². The van der Waals surface area contributed by atoms with Crippen LogP contribution >= 0.6 is 0 Å². The third kappa shape index (κ3) is 4.32. The molecule has 1 unspecified atom stereocenters. The number of nitrogens with zero attached hydrogens (tertiary/aromatic N) is 1. The van der Waals surface area contributed by atoms with E-state index in [0.29, 0.717) is 17.9 Å². The summed E-state index contributed by atoms with van der Waals surface area (Å²) < 4.78 is 18.6. The van der Waals surface area contributed by atoms with Crippen LogP contribution in [0.2, 0.25) is 0 Å². The van der Waals surface area contributed by atoms with E-state index >= 15 is 0 Å². The van der Waals surface area contributed by atoms with Gasteiger partial charge in [-0.1, -0.05) is 26.0 Å². The van der Waals surface area contributed by atoms with Crippen LogP contribution in [0.25, 0.3) is 0 Å². The van der Waals surface area contributed by atoms with Crippen molar-refractivity contribution in [3.8, 4) is 6.07 Å². The van der Waals surface area contributed by atoms with Crippen LogP contribution in [0.3, 0.4) is 0 Å². The SMILES string of the molecule is COC(=O)C(CC(C)C)NCc1cccc(C#N)c1F. The molecule has 0 aliphatic heterocycles. The van der Waals surface area contributed by atoms with Crippen LogP contribution in [0.1, 0.15) is 31.4 Å². The lowest BCUT2D eigenvalue weighted by molar-refractivity contribution is -0.143. The summed E-state index contributed by atoms with van der Waals surface area (Å²) in [6.07, 6.45) is 0.603. The molecule has 4 nitrogen and oxygen atoms in total. The van der Waals surface area contributed by atoms with Gasteiger partial charge in [-0.2, -0.15) is 5.26 Å². The largest absolute Gasteiger partial charge is 0.468 e. The molecule has 20 heavy (non-hydrogen) atoms. The number of methoxy groups -OCH3 is 1. The number of nitrogens with one attached hydrogen (secondary N) is 1.